The van der Waals surface area contributed by atoms with E-state index in [1.807, 2.05) is 0 Å². The summed E-state index contributed by atoms with van der Waals surface area (Å²) in [5.74, 6) is 0.416. The number of imidazole rings is 1. The second kappa shape index (κ2) is 12.1. The molecule has 0 atom stereocenters. The Hall–Kier alpha value is -4.28. The van der Waals surface area contributed by atoms with E-state index in [4.69, 9.17) is 16.2 Å². The topological polar surface area (TPSA) is 121 Å². The van der Waals surface area contributed by atoms with Crippen molar-refractivity contribution in [1.82, 2.24) is 19.9 Å². The number of aromatic nitrogens is 3. The lowest BCUT2D eigenvalue weighted by Gasteiger charge is -2.09. The van der Waals surface area contributed by atoms with Gasteiger partial charge in [0.2, 0.25) is 5.91 Å². The number of nitrogens with one attached hydrogen (secondary N) is 1. The van der Waals surface area contributed by atoms with Gasteiger partial charge in [-0.25, -0.2) is 9.50 Å². The molecule has 0 unspecified atom stereocenters. The first-order chi connectivity index (χ1) is 17.6. The maximum Gasteiger partial charge on any atom is 0.415 e. The second-order valence-electron chi connectivity index (χ2n) is 8.28. The summed E-state index contributed by atoms with van der Waals surface area (Å²) in [7, 11) is 0. The molecule has 8 nitrogen and oxygen atoms in total. The number of alkyl halides is 3. The lowest BCUT2D eigenvalue weighted by atomic mass is 10.1. The minimum absolute atomic E-state index is 0.0829. The molecule has 2 aromatic heterocycles. The van der Waals surface area contributed by atoms with Crippen molar-refractivity contribution in [3.05, 3.63) is 90.9 Å². The Morgan fingerprint density at radius 3 is 2.68 bits per heavy atom. The summed E-state index contributed by atoms with van der Waals surface area (Å²) in [4.78, 5) is 15.8. The minimum Gasteiger partial charge on any atom is -0.479 e. The number of fused-ring (bicyclic) bond motifs is 1. The van der Waals surface area contributed by atoms with E-state index in [-0.39, 0.29) is 23.3 Å². The van der Waals surface area contributed by atoms with Crippen LogP contribution in [0.25, 0.3) is 16.8 Å². The van der Waals surface area contributed by atoms with Gasteiger partial charge < -0.3 is 21.5 Å². The maximum absolute atomic E-state index is 13.1. The van der Waals surface area contributed by atoms with E-state index in [1.165, 1.54) is 16.8 Å². The zero-order valence-corrected chi connectivity index (χ0v) is 20.2. The van der Waals surface area contributed by atoms with Crippen LogP contribution >= 0.6 is 0 Å². The fourth-order valence-corrected chi connectivity index (χ4v) is 3.25. The van der Waals surface area contributed by atoms with Crippen molar-refractivity contribution in [2.75, 3.05) is 13.2 Å². The summed E-state index contributed by atoms with van der Waals surface area (Å²) in [6, 6.07) is 3.37. The van der Waals surface area contributed by atoms with Crippen LogP contribution in [0.2, 0.25) is 0 Å². The van der Waals surface area contributed by atoms with Crippen LogP contribution in [0.1, 0.15) is 30.7 Å². The summed E-state index contributed by atoms with van der Waals surface area (Å²) < 4.78 is 46.0. The lowest BCUT2D eigenvalue weighted by molar-refractivity contribution is -0.122. The van der Waals surface area contributed by atoms with Crippen molar-refractivity contribution < 1.29 is 22.7 Å². The number of ether oxygens (including phenoxy) is 1. The molecule has 0 saturated heterocycles. The molecule has 0 aliphatic heterocycles. The molecule has 1 aliphatic carbocycles. The summed E-state index contributed by atoms with van der Waals surface area (Å²) in [5, 5.41) is 7.37. The van der Waals surface area contributed by atoms with Gasteiger partial charge in [-0.15, -0.1) is 0 Å². The van der Waals surface area contributed by atoms with Gasteiger partial charge in [-0.1, -0.05) is 19.2 Å². The Morgan fingerprint density at radius 2 is 2.03 bits per heavy atom. The Morgan fingerprint density at radius 1 is 1.27 bits per heavy atom. The van der Waals surface area contributed by atoms with Gasteiger partial charge in [0, 0.05) is 29.2 Å². The van der Waals surface area contributed by atoms with Crippen LogP contribution in [0.5, 0.6) is 0 Å². The van der Waals surface area contributed by atoms with E-state index in [0.29, 0.717) is 42.2 Å². The molecule has 1 fully saturated rings. The first-order valence-electron chi connectivity index (χ1n) is 11.6. The van der Waals surface area contributed by atoms with Crippen molar-refractivity contribution in [2.45, 2.75) is 25.4 Å². The third kappa shape index (κ3) is 7.60. The predicted octanol–water partition coefficient (Wildman–Crippen LogP) is 4.01. The summed E-state index contributed by atoms with van der Waals surface area (Å²) in [5.41, 5.74) is 12.2. The molecule has 1 amide bonds. The molecule has 11 heteroatoms. The Kier molecular flexibility index (Phi) is 8.94. The molecule has 1 aliphatic rings. The molecular formula is C26H29F3N6O2. The van der Waals surface area contributed by atoms with Gasteiger partial charge in [0.25, 0.3) is 0 Å². The second-order valence-corrected chi connectivity index (χ2v) is 8.28. The van der Waals surface area contributed by atoms with Gasteiger partial charge in [0.05, 0.1) is 24.2 Å². The Labute approximate surface area is 212 Å². The number of nitrogens with zero attached hydrogens (tertiary/aromatic N) is 3. The van der Waals surface area contributed by atoms with Gasteiger partial charge in [0.15, 0.2) is 11.5 Å². The SMILES string of the molecule is C=C/C(=C\C=C(/N)OCCCNC(=O)C1CC1)c1ccc2ncc(C(/C=C\N)=C/C(=C)C(F)(F)F)n2n1. The highest BCUT2D eigenvalue weighted by Gasteiger charge is 2.31. The molecule has 196 valence electrons. The predicted molar refractivity (Wildman–Crippen MR) is 136 cm³/mol. The number of carbonyl (C=O) groups is 1. The lowest BCUT2D eigenvalue weighted by Crippen LogP contribution is -2.26. The van der Waals surface area contributed by atoms with Crippen molar-refractivity contribution in [2.24, 2.45) is 17.4 Å². The van der Waals surface area contributed by atoms with Crippen molar-refractivity contribution in [1.29, 1.82) is 0 Å². The molecule has 1 saturated carbocycles. The first kappa shape index (κ1) is 27.3. The van der Waals surface area contributed by atoms with E-state index in [0.717, 1.165) is 25.1 Å². The third-order valence-electron chi connectivity index (χ3n) is 5.41. The number of carbonyl (C=O) groups excluding carboxylic acids is 1. The Balaban J connectivity index is 1.75. The van der Waals surface area contributed by atoms with Crippen molar-refractivity contribution >= 4 is 22.7 Å². The average Bonchev–Trinajstić information content (AvgIpc) is 3.63. The zero-order valence-electron chi connectivity index (χ0n) is 20.2. The number of hydrogen-bond acceptors (Lipinski definition) is 6. The van der Waals surface area contributed by atoms with E-state index in [1.54, 1.807) is 30.4 Å². The summed E-state index contributed by atoms with van der Waals surface area (Å²) in [6.45, 7) is 7.73. The van der Waals surface area contributed by atoms with Crippen molar-refractivity contribution in [3.63, 3.8) is 0 Å². The minimum atomic E-state index is -4.59. The highest BCUT2D eigenvalue weighted by Crippen LogP contribution is 2.29. The van der Waals surface area contributed by atoms with Crippen LogP contribution in [-0.2, 0) is 9.53 Å². The molecule has 0 spiro atoms. The van der Waals surface area contributed by atoms with Crippen LogP contribution < -0.4 is 16.8 Å². The van der Waals surface area contributed by atoms with Gasteiger partial charge >= 0.3 is 6.18 Å². The van der Waals surface area contributed by atoms with Crippen LogP contribution in [0, 0.1) is 5.92 Å². The molecule has 0 radical (unpaired) electrons. The number of hydrogen-bond donors (Lipinski definition) is 3. The number of rotatable bonds is 12. The maximum atomic E-state index is 13.1. The van der Waals surface area contributed by atoms with Gasteiger partial charge in [-0.3, -0.25) is 4.79 Å². The first-order valence-corrected chi connectivity index (χ1v) is 11.6. The monoisotopic (exact) mass is 514 g/mol. The van der Waals surface area contributed by atoms with Gasteiger partial charge in [-0.05, 0) is 61.9 Å². The number of nitrogens with two attached hydrogens (primary N) is 2. The summed E-state index contributed by atoms with van der Waals surface area (Å²) in [6.07, 6.45) is 7.42. The molecule has 3 rings (SSSR count). The van der Waals surface area contributed by atoms with Crippen molar-refractivity contribution in [3.8, 4) is 0 Å². The molecular weight excluding hydrogens is 485 g/mol. The smallest absolute Gasteiger partial charge is 0.415 e. The van der Waals surface area contributed by atoms with Gasteiger partial charge in [-0.2, -0.15) is 18.3 Å². The average molecular weight is 515 g/mol. The largest absolute Gasteiger partial charge is 0.479 e. The fourth-order valence-electron chi connectivity index (χ4n) is 3.25. The normalized spacial score (nSPS) is 15.3. The van der Waals surface area contributed by atoms with Crippen LogP contribution in [0.15, 0.2) is 79.5 Å². The van der Waals surface area contributed by atoms with Crippen LogP contribution in [0.3, 0.4) is 0 Å². The third-order valence-corrected chi connectivity index (χ3v) is 5.41. The number of halogens is 3. The van der Waals surface area contributed by atoms with E-state index >= 15 is 0 Å². The molecule has 5 N–H and O–H groups in total. The van der Waals surface area contributed by atoms with E-state index in [9.17, 15) is 18.0 Å². The number of allylic oxidation sites excluding steroid dienone is 8. The zero-order chi connectivity index (χ0) is 27.0. The van der Waals surface area contributed by atoms with Crippen LogP contribution in [0.4, 0.5) is 13.2 Å². The molecule has 0 aromatic carbocycles. The quantitative estimate of drug-likeness (QED) is 0.224. The fraction of sp³-hybridized carbons (Fsp3) is 0.269. The Bertz CT molecular complexity index is 1280. The molecule has 2 aromatic rings. The van der Waals surface area contributed by atoms with E-state index in [2.05, 4.69) is 28.6 Å². The molecule has 37 heavy (non-hydrogen) atoms. The molecule has 2 heterocycles. The van der Waals surface area contributed by atoms with Crippen LogP contribution in [-0.4, -0.2) is 39.8 Å². The van der Waals surface area contributed by atoms with Gasteiger partial charge in [0.1, 0.15) is 0 Å². The highest BCUT2D eigenvalue weighted by molar-refractivity contribution is 5.80. The number of amides is 1. The molecule has 0 bridgehead atoms. The highest BCUT2D eigenvalue weighted by atomic mass is 19.4. The van der Waals surface area contributed by atoms with E-state index < -0.39 is 11.7 Å². The standard InChI is InChI=1S/C26H29F3N6O2/c1-3-18(7-9-23(31)37-14-4-13-32-25(36)19-5-6-19)21-8-10-24-33-16-22(35(24)34-21)20(11-12-30)15-17(2)26(27,28)29/h3,7-12,15-16,19H,1-2,4-6,13-14,30-31H2,(H,32,36)/b12-11-,18-7+,20-15+,23-9+. The summed E-state index contributed by atoms with van der Waals surface area (Å²) >= 11 is 0.